The van der Waals surface area contributed by atoms with Crippen molar-refractivity contribution in [3.8, 4) is 0 Å². The molecule has 8 heteroatoms. The lowest BCUT2D eigenvalue weighted by molar-refractivity contribution is -0.384. The molecule has 1 aromatic carbocycles. The lowest BCUT2D eigenvalue weighted by Gasteiger charge is -2.13. The van der Waals surface area contributed by atoms with Crippen molar-refractivity contribution in [2.45, 2.75) is 13.0 Å². The Morgan fingerprint density at radius 3 is 2.68 bits per heavy atom. The zero-order valence-electron chi connectivity index (χ0n) is 9.76. The Bertz CT molecular complexity index is 604. The molecule has 0 aliphatic rings. The maximum atomic E-state index is 11.0. The van der Waals surface area contributed by atoms with Crippen LogP contribution >= 0.6 is 34.5 Å². The van der Waals surface area contributed by atoms with Crippen LogP contribution in [0.5, 0.6) is 0 Å². The molecule has 0 aliphatic heterocycles. The zero-order valence-corrected chi connectivity index (χ0v) is 12.1. The van der Waals surface area contributed by atoms with E-state index in [2.05, 4.69) is 10.3 Å². The second-order valence-electron chi connectivity index (χ2n) is 3.78. The molecule has 0 saturated heterocycles. The summed E-state index contributed by atoms with van der Waals surface area (Å²) in [6.07, 6.45) is 1.68. The van der Waals surface area contributed by atoms with Gasteiger partial charge in [0, 0.05) is 17.6 Å². The van der Waals surface area contributed by atoms with Crippen LogP contribution < -0.4 is 5.32 Å². The van der Waals surface area contributed by atoms with Crippen LogP contribution in [0.3, 0.4) is 0 Å². The second-order valence-corrected chi connectivity index (χ2v) is 5.52. The first-order valence-corrected chi connectivity index (χ1v) is 6.92. The predicted octanol–water partition coefficient (Wildman–Crippen LogP) is 4.53. The minimum atomic E-state index is -0.501. The number of nitro groups is 1. The molecule has 0 amide bonds. The summed E-state index contributed by atoms with van der Waals surface area (Å²) in [5, 5.41) is 17.1. The number of rotatable bonds is 4. The van der Waals surface area contributed by atoms with Crippen molar-refractivity contribution in [1.29, 1.82) is 0 Å². The van der Waals surface area contributed by atoms with Crippen molar-refractivity contribution in [3.63, 3.8) is 0 Å². The highest BCUT2D eigenvalue weighted by Gasteiger charge is 2.19. The van der Waals surface area contributed by atoms with E-state index in [0.29, 0.717) is 5.69 Å². The summed E-state index contributed by atoms with van der Waals surface area (Å²) in [5.41, 5.74) is 0.208. The van der Waals surface area contributed by atoms with Crippen molar-refractivity contribution in [3.05, 3.63) is 48.9 Å². The standard InChI is InChI=1S/C11H9Cl2N3O2S/c1-6(11-14-2-3-19-11)15-9-4-7(12)8(13)5-10(9)16(17)18/h2-6,15H,1H3. The van der Waals surface area contributed by atoms with Gasteiger partial charge in [0.2, 0.25) is 0 Å². The molecule has 0 spiro atoms. The predicted molar refractivity (Wildman–Crippen MR) is 77.3 cm³/mol. The molecule has 19 heavy (non-hydrogen) atoms. The molecule has 2 rings (SSSR count). The molecule has 1 N–H and O–H groups in total. The fourth-order valence-electron chi connectivity index (χ4n) is 1.55. The van der Waals surface area contributed by atoms with E-state index in [0.717, 1.165) is 5.01 Å². The molecule has 0 bridgehead atoms. The van der Waals surface area contributed by atoms with Crippen LogP contribution in [0.15, 0.2) is 23.7 Å². The number of thiazole rings is 1. The molecule has 0 aliphatic carbocycles. The van der Waals surface area contributed by atoms with Crippen molar-refractivity contribution in [2.24, 2.45) is 0 Å². The minimum Gasteiger partial charge on any atom is -0.370 e. The second kappa shape index (κ2) is 5.73. The van der Waals surface area contributed by atoms with Gasteiger partial charge in [-0.05, 0) is 13.0 Å². The highest BCUT2D eigenvalue weighted by Crippen LogP contribution is 2.35. The van der Waals surface area contributed by atoms with E-state index >= 15 is 0 Å². The topological polar surface area (TPSA) is 68.1 Å². The summed E-state index contributed by atoms with van der Waals surface area (Å²) >= 11 is 13.2. The third-order valence-electron chi connectivity index (χ3n) is 2.43. The Morgan fingerprint density at radius 2 is 2.11 bits per heavy atom. The van der Waals surface area contributed by atoms with E-state index in [1.165, 1.54) is 23.5 Å². The number of aromatic nitrogens is 1. The van der Waals surface area contributed by atoms with Crippen molar-refractivity contribution < 1.29 is 4.92 Å². The lowest BCUT2D eigenvalue weighted by Crippen LogP contribution is -2.08. The van der Waals surface area contributed by atoms with Crippen molar-refractivity contribution >= 4 is 45.9 Å². The van der Waals surface area contributed by atoms with Crippen molar-refractivity contribution in [1.82, 2.24) is 4.98 Å². The Morgan fingerprint density at radius 1 is 1.42 bits per heavy atom. The Labute approximate surface area is 123 Å². The molecule has 0 fully saturated rings. The van der Waals surface area contributed by atoms with Crippen LogP contribution in [0, 0.1) is 10.1 Å². The van der Waals surface area contributed by atoms with E-state index < -0.39 is 4.92 Å². The molecular weight excluding hydrogens is 309 g/mol. The Kier molecular flexibility index (Phi) is 4.24. The number of hydrogen-bond acceptors (Lipinski definition) is 5. The van der Waals surface area contributed by atoms with Crippen LogP contribution in [-0.4, -0.2) is 9.91 Å². The van der Waals surface area contributed by atoms with Crippen LogP contribution in [0.4, 0.5) is 11.4 Å². The van der Waals surface area contributed by atoms with Gasteiger partial charge in [-0.2, -0.15) is 0 Å². The molecule has 1 aromatic heterocycles. The largest absolute Gasteiger partial charge is 0.370 e. The van der Waals surface area contributed by atoms with Gasteiger partial charge >= 0.3 is 0 Å². The quantitative estimate of drug-likeness (QED) is 0.664. The molecule has 5 nitrogen and oxygen atoms in total. The normalized spacial score (nSPS) is 12.2. The molecule has 100 valence electrons. The molecule has 1 heterocycles. The first kappa shape index (κ1) is 14.0. The summed E-state index contributed by atoms with van der Waals surface area (Å²) in [6.45, 7) is 1.87. The first-order chi connectivity index (χ1) is 8.99. The summed E-state index contributed by atoms with van der Waals surface area (Å²) in [7, 11) is 0. The maximum absolute atomic E-state index is 11.0. The van der Waals surface area contributed by atoms with E-state index in [-0.39, 0.29) is 21.8 Å². The van der Waals surface area contributed by atoms with Gasteiger partial charge in [0.15, 0.2) is 0 Å². The van der Waals surface area contributed by atoms with E-state index in [1.807, 2.05) is 12.3 Å². The summed E-state index contributed by atoms with van der Waals surface area (Å²) in [4.78, 5) is 14.7. The minimum absolute atomic E-state index is 0.113. The highest BCUT2D eigenvalue weighted by atomic mass is 35.5. The summed E-state index contributed by atoms with van der Waals surface area (Å²) in [5.74, 6) is 0. The molecule has 2 aromatic rings. The smallest absolute Gasteiger partial charge is 0.293 e. The highest BCUT2D eigenvalue weighted by molar-refractivity contribution is 7.09. The zero-order chi connectivity index (χ0) is 14.0. The molecule has 1 unspecified atom stereocenters. The number of anilines is 1. The van der Waals surface area contributed by atoms with E-state index in [4.69, 9.17) is 23.2 Å². The van der Waals surface area contributed by atoms with Gasteiger partial charge in [-0.25, -0.2) is 4.98 Å². The average Bonchev–Trinajstić information content (AvgIpc) is 2.86. The molecule has 1 atom stereocenters. The third kappa shape index (κ3) is 3.15. The average molecular weight is 318 g/mol. The Balaban J connectivity index is 2.33. The third-order valence-corrected chi connectivity index (χ3v) is 4.11. The number of nitrogens with zero attached hydrogens (tertiary/aromatic N) is 2. The fraction of sp³-hybridized carbons (Fsp3) is 0.182. The number of nitrogens with one attached hydrogen (secondary N) is 1. The van der Waals surface area contributed by atoms with Gasteiger partial charge in [0.05, 0.1) is 21.0 Å². The van der Waals surface area contributed by atoms with Crippen LogP contribution in [0.2, 0.25) is 10.0 Å². The van der Waals surface area contributed by atoms with E-state index in [9.17, 15) is 10.1 Å². The van der Waals surface area contributed by atoms with E-state index in [1.54, 1.807) is 6.20 Å². The SMILES string of the molecule is CC(Nc1cc(Cl)c(Cl)cc1[N+](=O)[O-])c1nccs1. The van der Waals surface area contributed by atoms with Crippen molar-refractivity contribution in [2.75, 3.05) is 5.32 Å². The summed E-state index contributed by atoms with van der Waals surface area (Å²) in [6, 6.07) is 2.53. The van der Waals surface area contributed by atoms with Gasteiger partial charge in [-0.1, -0.05) is 23.2 Å². The van der Waals surface area contributed by atoms with Crippen LogP contribution in [0.25, 0.3) is 0 Å². The van der Waals surface area contributed by atoms with Gasteiger partial charge in [0.1, 0.15) is 10.7 Å². The maximum Gasteiger partial charge on any atom is 0.293 e. The lowest BCUT2D eigenvalue weighted by atomic mass is 10.2. The fourth-order valence-corrected chi connectivity index (χ4v) is 2.51. The molecule has 0 saturated carbocycles. The molecule has 0 radical (unpaired) electrons. The van der Waals surface area contributed by atoms with Gasteiger partial charge < -0.3 is 5.32 Å². The van der Waals surface area contributed by atoms with Gasteiger partial charge in [-0.3, -0.25) is 10.1 Å². The van der Waals surface area contributed by atoms with Crippen LogP contribution in [0.1, 0.15) is 18.0 Å². The van der Waals surface area contributed by atoms with Gasteiger partial charge in [-0.15, -0.1) is 11.3 Å². The first-order valence-electron chi connectivity index (χ1n) is 5.28. The number of benzene rings is 1. The monoisotopic (exact) mass is 317 g/mol. The Hall–Kier alpha value is -1.37. The number of nitro benzene ring substituents is 1. The molecular formula is C11H9Cl2N3O2S. The number of halogens is 2. The summed E-state index contributed by atoms with van der Waals surface area (Å²) < 4.78 is 0. The van der Waals surface area contributed by atoms with Gasteiger partial charge in [0.25, 0.3) is 5.69 Å². The van der Waals surface area contributed by atoms with Crippen LogP contribution in [-0.2, 0) is 0 Å². The number of hydrogen-bond donors (Lipinski definition) is 1.